The van der Waals surface area contributed by atoms with E-state index in [4.69, 9.17) is 0 Å². The second kappa shape index (κ2) is 9.51. The van der Waals surface area contributed by atoms with Gasteiger partial charge in [0.25, 0.3) is 0 Å². The van der Waals surface area contributed by atoms with Gasteiger partial charge in [-0.25, -0.2) is 0 Å². The third kappa shape index (κ3) is 5.42. The average Bonchev–Trinajstić information content (AvgIpc) is 2.72. The quantitative estimate of drug-likeness (QED) is 0.694. The van der Waals surface area contributed by atoms with Crippen LogP contribution in [0.3, 0.4) is 0 Å². The van der Waals surface area contributed by atoms with Crippen LogP contribution in [-0.4, -0.2) is 61.8 Å². The molecule has 1 saturated heterocycles. The highest BCUT2D eigenvalue weighted by Crippen LogP contribution is 2.19. The fourth-order valence-corrected chi connectivity index (χ4v) is 3.58. The molecule has 5 heteroatoms. The number of benzene rings is 2. The number of carbonyl (C=O) groups is 2. The van der Waals surface area contributed by atoms with Crippen LogP contribution in [-0.2, 0) is 11.3 Å². The van der Waals surface area contributed by atoms with Crippen LogP contribution < -0.4 is 4.90 Å². The molecule has 0 unspecified atom stereocenters. The molecule has 0 aromatic heterocycles. The monoisotopic (exact) mass is 379 g/mol. The number of hydrogen-bond acceptors (Lipinski definition) is 4. The fourth-order valence-electron chi connectivity index (χ4n) is 3.58. The Labute approximate surface area is 167 Å². The molecule has 1 fully saturated rings. The van der Waals surface area contributed by atoms with Crippen molar-refractivity contribution in [1.82, 2.24) is 9.80 Å². The van der Waals surface area contributed by atoms with Crippen molar-refractivity contribution in [3.63, 3.8) is 0 Å². The normalized spacial score (nSPS) is 14.4. The van der Waals surface area contributed by atoms with Crippen LogP contribution >= 0.6 is 0 Å². The van der Waals surface area contributed by atoms with E-state index in [2.05, 4.69) is 48.2 Å². The summed E-state index contributed by atoms with van der Waals surface area (Å²) in [6.07, 6.45) is 0.557. The van der Waals surface area contributed by atoms with Gasteiger partial charge >= 0.3 is 0 Å². The van der Waals surface area contributed by atoms with Crippen LogP contribution in [0.2, 0.25) is 0 Å². The average molecular weight is 380 g/mol. The second-order valence-electron chi connectivity index (χ2n) is 7.56. The molecule has 0 saturated carbocycles. The minimum Gasteiger partial charge on any atom is -0.368 e. The number of carbonyl (C=O) groups excluding carboxylic acids is 2. The summed E-state index contributed by atoms with van der Waals surface area (Å²) in [6.45, 7) is 3.97. The maximum atomic E-state index is 12.5. The van der Waals surface area contributed by atoms with Crippen LogP contribution in [0, 0.1) is 0 Å². The first-order valence-corrected chi connectivity index (χ1v) is 9.87. The van der Waals surface area contributed by atoms with Gasteiger partial charge in [-0.05, 0) is 31.8 Å². The molecule has 3 rings (SSSR count). The van der Waals surface area contributed by atoms with E-state index in [1.165, 1.54) is 11.3 Å². The highest BCUT2D eigenvalue weighted by atomic mass is 16.2. The van der Waals surface area contributed by atoms with Gasteiger partial charge < -0.3 is 14.7 Å². The summed E-state index contributed by atoms with van der Waals surface area (Å²) in [5.41, 5.74) is 3.18. The summed E-state index contributed by atoms with van der Waals surface area (Å²) < 4.78 is 0. The maximum absolute atomic E-state index is 12.5. The lowest BCUT2D eigenvalue weighted by molar-refractivity contribution is -0.131. The van der Waals surface area contributed by atoms with Gasteiger partial charge in [0.15, 0.2) is 5.78 Å². The number of Topliss-reactive ketones (excluding diaryl/α,β-unsaturated/α-hetero) is 1. The van der Waals surface area contributed by atoms with E-state index in [-0.39, 0.29) is 24.5 Å². The molecular weight excluding hydrogens is 350 g/mol. The number of rotatable bonds is 7. The van der Waals surface area contributed by atoms with Gasteiger partial charge in [0.1, 0.15) is 0 Å². The van der Waals surface area contributed by atoms with E-state index in [0.29, 0.717) is 18.7 Å². The Balaban J connectivity index is 1.48. The summed E-state index contributed by atoms with van der Waals surface area (Å²) in [5.74, 6) is 0.107. The summed E-state index contributed by atoms with van der Waals surface area (Å²) in [5, 5.41) is 0. The Morgan fingerprint density at radius 3 is 2.29 bits per heavy atom. The summed E-state index contributed by atoms with van der Waals surface area (Å²) in [7, 11) is 4.14. The van der Waals surface area contributed by atoms with E-state index in [0.717, 1.165) is 19.6 Å². The first-order chi connectivity index (χ1) is 13.5. The van der Waals surface area contributed by atoms with E-state index in [1.54, 1.807) is 12.1 Å². The molecule has 0 bridgehead atoms. The fraction of sp³-hybridized carbons (Fsp3) is 0.391. The topological polar surface area (TPSA) is 43.9 Å². The maximum Gasteiger partial charge on any atom is 0.223 e. The molecule has 148 valence electrons. The highest BCUT2D eigenvalue weighted by Gasteiger charge is 2.22. The largest absolute Gasteiger partial charge is 0.368 e. The van der Waals surface area contributed by atoms with Crippen molar-refractivity contribution in [1.29, 1.82) is 0 Å². The van der Waals surface area contributed by atoms with Crippen molar-refractivity contribution < 1.29 is 9.59 Å². The standard InChI is InChI=1S/C23H29N3O2/c1-24(2)18-19-7-6-10-21(17-19)25-13-15-26(16-14-25)23(28)12-11-22(27)20-8-4-3-5-9-20/h3-10,17H,11-16,18H2,1-2H3. The highest BCUT2D eigenvalue weighted by molar-refractivity contribution is 5.97. The Hall–Kier alpha value is -2.66. The van der Waals surface area contributed by atoms with E-state index >= 15 is 0 Å². The molecule has 0 N–H and O–H groups in total. The summed E-state index contributed by atoms with van der Waals surface area (Å²) in [4.78, 5) is 31.1. The zero-order valence-electron chi connectivity index (χ0n) is 16.8. The SMILES string of the molecule is CN(C)Cc1cccc(N2CCN(C(=O)CCC(=O)c3ccccc3)CC2)c1. The Kier molecular flexibility index (Phi) is 6.82. The van der Waals surface area contributed by atoms with Gasteiger partial charge in [0.2, 0.25) is 5.91 Å². The van der Waals surface area contributed by atoms with Crippen molar-refractivity contribution in [2.24, 2.45) is 0 Å². The number of amides is 1. The minimum atomic E-state index is 0.0327. The van der Waals surface area contributed by atoms with Crippen molar-refractivity contribution in [2.75, 3.05) is 45.2 Å². The molecule has 2 aromatic rings. The molecule has 2 aromatic carbocycles. The number of ketones is 1. The molecule has 0 aliphatic carbocycles. The number of piperazine rings is 1. The summed E-state index contributed by atoms with van der Waals surface area (Å²) >= 11 is 0. The predicted octanol–water partition coefficient (Wildman–Crippen LogP) is 3.06. The van der Waals surface area contributed by atoms with Gasteiger partial charge in [-0.1, -0.05) is 42.5 Å². The van der Waals surface area contributed by atoms with Crippen LogP contribution in [0.5, 0.6) is 0 Å². The molecule has 28 heavy (non-hydrogen) atoms. The molecule has 0 spiro atoms. The lowest BCUT2D eigenvalue weighted by Gasteiger charge is -2.36. The molecule has 5 nitrogen and oxygen atoms in total. The van der Waals surface area contributed by atoms with Crippen LogP contribution in [0.25, 0.3) is 0 Å². The molecular formula is C23H29N3O2. The summed E-state index contributed by atoms with van der Waals surface area (Å²) in [6, 6.07) is 17.8. The number of nitrogens with zero attached hydrogens (tertiary/aromatic N) is 3. The van der Waals surface area contributed by atoms with Crippen LogP contribution in [0.4, 0.5) is 5.69 Å². The van der Waals surface area contributed by atoms with E-state index in [9.17, 15) is 9.59 Å². The first kappa shape index (κ1) is 20.1. The van der Waals surface area contributed by atoms with Crippen LogP contribution in [0.1, 0.15) is 28.8 Å². The molecule has 0 atom stereocenters. The first-order valence-electron chi connectivity index (χ1n) is 9.87. The minimum absolute atomic E-state index is 0.0327. The number of anilines is 1. The van der Waals surface area contributed by atoms with Crippen molar-refractivity contribution in [3.8, 4) is 0 Å². The lowest BCUT2D eigenvalue weighted by atomic mass is 10.1. The number of hydrogen-bond donors (Lipinski definition) is 0. The van der Waals surface area contributed by atoms with Crippen molar-refractivity contribution >= 4 is 17.4 Å². The molecule has 1 heterocycles. The third-order valence-electron chi connectivity index (χ3n) is 5.07. The molecule has 1 amide bonds. The Bertz CT molecular complexity index is 797. The second-order valence-corrected chi connectivity index (χ2v) is 7.56. The molecule has 1 aliphatic heterocycles. The zero-order chi connectivity index (χ0) is 19.9. The van der Waals surface area contributed by atoms with Gasteiger partial charge in [-0.2, -0.15) is 0 Å². The molecule has 0 radical (unpaired) electrons. The van der Waals surface area contributed by atoms with Gasteiger partial charge in [-0.3, -0.25) is 9.59 Å². The van der Waals surface area contributed by atoms with Gasteiger partial charge in [-0.15, -0.1) is 0 Å². The van der Waals surface area contributed by atoms with Gasteiger partial charge in [0.05, 0.1) is 0 Å². The van der Waals surface area contributed by atoms with Crippen molar-refractivity contribution in [3.05, 3.63) is 65.7 Å². The zero-order valence-corrected chi connectivity index (χ0v) is 16.8. The Morgan fingerprint density at radius 2 is 1.61 bits per heavy atom. The lowest BCUT2D eigenvalue weighted by Crippen LogP contribution is -2.48. The Morgan fingerprint density at radius 1 is 0.893 bits per heavy atom. The third-order valence-corrected chi connectivity index (χ3v) is 5.07. The van der Waals surface area contributed by atoms with E-state index < -0.39 is 0 Å². The van der Waals surface area contributed by atoms with Gasteiger partial charge in [0, 0.05) is 56.8 Å². The molecule has 1 aliphatic rings. The smallest absolute Gasteiger partial charge is 0.223 e. The van der Waals surface area contributed by atoms with Crippen molar-refractivity contribution in [2.45, 2.75) is 19.4 Å². The predicted molar refractivity (Wildman–Crippen MR) is 113 cm³/mol. The van der Waals surface area contributed by atoms with E-state index in [1.807, 2.05) is 23.1 Å². The van der Waals surface area contributed by atoms with Crippen LogP contribution in [0.15, 0.2) is 54.6 Å².